The summed E-state index contributed by atoms with van der Waals surface area (Å²) in [6.07, 6.45) is 4.07. The third-order valence-electron chi connectivity index (χ3n) is 6.22. The van der Waals surface area contributed by atoms with E-state index in [4.69, 9.17) is 4.74 Å². The lowest BCUT2D eigenvalue weighted by atomic mass is 10.0. The van der Waals surface area contributed by atoms with Crippen molar-refractivity contribution in [1.82, 2.24) is 14.8 Å². The van der Waals surface area contributed by atoms with Gasteiger partial charge < -0.3 is 9.64 Å². The molecular weight excluding hydrogens is 410 g/mol. The van der Waals surface area contributed by atoms with Gasteiger partial charge in [0.15, 0.2) is 5.78 Å². The van der Waals surface area contributed by atoms with E-state index in [2.05, 4.69) is 46.1 Å². The number of ketones is 1. The van der Waals surface area contributed by atoms with Crippen LogP contribution >= 0.6 is 0 Å². The zero-order chi connectivity index (χ0) is 22.9. The summed E-state index contributed by atoms with van der Waals surface area (Å²) in [7, 11) is 2.17. The Kier molecular flexibility index (Phi) is 8.23. The van der Waals surface area contributed by atoms with E-state index in [1.165, 1.54) is 0 Å². The van der Waals surface area contributed by atoms with Crippen LogP contribution in [0.1, 0.15) is 28.9 Å². The lowest BCUT2D eigenvalue weighted by Crippen LogP contribution is -2.45. The van der Waals surface area contributed by atoms with Gasteiger partial charge in [0.05, 0.1) is 0 Å². The van der Waals surface area contributed by atoms with E-state index >= 15 is 0 Å². The summed E-state index contributed by atoms with van der Waals surface area (Å²) in [6, 6.07) is 21.9. The SMILES string of the molecule is CN1CCN(CCOc2ccc(-c3ccc(CCCC(=O)c4ccccc4)nc3)cc2)CC1. The van der Waals surface area contributed by atoms with Crippen LogP contribution in [0.5, 0.6) is 5.75 Å². The molecular formula is C28H33N3O2. The molecule has 0 saturated carbocycles. The summed E-state index contributed by atoms with van der Waals surface area (Å²) in [5.41, 5.74) is 4.01. The van der Waals surface area contributed by atoms with Crippen molar-refractivity contribution in [1.29, 1.82) is 0 Å². The summed E-state index contributed by atoms with van der Waals surface area (Å²) >= 11 is 0. The van der Waals surface area contributed by atoms with Gasteiger partial charge in [-0.25, -0.2) is 0 Å². The van der Waals surface area contributed by atoms with Crippen LogP contribution in [0.4, 0.5) is 0 Å². The highest BCUT2D eigenvalue weighted by atomic mass is 16.5. The summed E-state index contributed by atoms with van der Waals surface area (Å²) < 4.78 is 5.94. The predicted octanol–water partition coefficient (Wildman–Crippen LogP) is 4.58. The minimum atomic E-state index is 0.193. The Morgan fingerprint density at radius 2 is 1.64 bits per heavy atom. The summed E-state index contributed by atoms with van der Waals surface area (Å²) in [6.45, 7) is 6.18. The number of rotatable bonds is 10. The molecule has 0 unspecified atom stereocenters. The van der Waals surface area contributed by atoms with Crippen molar-refractivity contribution >= 4 is 5.78 Å². The Morgan fingerprint density at radius 1 is 0.909 bits per heavy atom. The first-order valence-electron chi connectivity index (χ1n) is 11.8. The number of nitrogens with zero attached hydrogens (tertiary/aromatic N) is 3. The molecule has 1 fully saturated rings. The van der Waals surface area contributed by atoms with Crippen molar-refractivity contribution in [2.75, 3.05) is 46.4 Å². The molecule has 0 atom stereocenters. The van der Waals surface area contributed by atoms with Crippen LogP contribution in [0.3, 0.4) is 0 Å². The quantitative estimate of drug-likeness (QED) is 0.429. The van der Waals surface area contributed by atoms with Crippen molar-refractivity contribution in [2.45, 2.75) is 19.3 Å². The molecule has 2 aromatic carbocycles. The van der Waals surface area contributed by atoms with E-state index in [-0.39, 0.29) is 5.78 Å². The Balaban J connectivity index is 1.21. The Bertz CT molecular complexity index is 996. The highest BCUT2D eigenvalue weighted by molar-refractivity contribution is 5.95. The number of carbonyl (C=O) groups excluding carboxylic acids is 1. The molecule has 172 valence electrons. The van der Waals surface area contributed by atoms with E-state index in [0.717, 1.165) is 73.7 Å². The number of likely N-dealkylation sites (N-methyl/N-ethyl adjacent to an activating group) is 1. The molecule has 0 N–H and O–H groups in total. The predicted molar refractivity (Wildman–Crippen MR) is 133 cm³/mol. The van der Waals surface area contributed by atoms with Crippen LogP contribution < -0.4 is 4.74 Å². The third kappa shape index (κ3) is 6.98. The number of Topliss-reactive ketones (excluding diaryl/α,β-unsaturated/α-hetero) is 1. The minimum Gasteiger partial charge on any atom is -0.492 e. The zero-order valence-corrected chi connectivity index (χ0v) is 19.5. The number of aryl methyl sites for hydroxylation is 1. The largest absolute Gasteiger partial charge is 0.492 e. The summed E-state index contributed by atoms with van der Waals surface area (Å²) in [4.78, 5) is 21.7. The van der Waals surface area contributed by atoms with Crippen molar-refractivity contribution in [2.24, 2.45) is 0 Å². The Labute approximate surface area is 197 Å². The molecule has 0 bridgehead atoms. The standard InChI is InChI=1S/C28H33N3O2/c1-30-16-18-31(19-17-30)20-21-33-27-14-11-23(12-15-27)25-10-13-26(29-22-25)8-5-9-28(32)24-6-3-2-4-7-24/h2-4,6-7,10-15,22H,5,8-9,16-21H2,1H3. The second kappa shape index (κ2) is 11.7. The lowest BCUT2D eigenvalue weighted by molar-refractivity contribution is 0.0980. The van der Waals surface area contributed by atoms with Crippen molar-refractivity contribution in [3.05, 3.63) is 84.2 Å². The van der Waals surface area contributed by atoms with E-state index in [9.17, 15) is 4.79 Å². The van der Waals surface area contributed by atoms with Crippen LogP contribution in [0.15, 0.2) is 72.9 Å². The van der Waals surface area contributed by atoms with E-state index in [1.807, 2.05) is 48.7 Å². The van der Waals surface area contributed by atoms with Crippen LogP contribution in [-0.2, 0) is 6.42 Å². The van der Waals surface area contributed by atoms with Crippen molar-refractivity contribution in [3.8, 4) is 16.9 Å². The topological polar surface area (TPSA) is 45.7 Å². The highest BCUT2D eigenvalue weighted by Gasteiger charge is 2.13. The maximum Gasteiger partial charge on any atom is 0.162 e. The molecule has 1 saturated heterocycles. The van der Waals surface area contributed by atoms with Crippen LogP contribution in [0, 0.1) is 0 Å². The maximum absolute atomic E-state index is 12.2. The van der Waals surface area contributed by atoms with Crippen LogP contribution in [0.2, 0.25) is 0 Å². The Morgan fingerprint density at radius 3 is 2.33 bits per heavy atom. The molecule has 2 heterocycles. The number of ether oxygens (including phenoxy) is 1. The first kappa shape index (κ1) is 23.1. The molecule has 4 rings (SSSR count). The van der Waals surface area contributed by atoms with Gasteiger partial charge in [0.1, 0.15) is 12.4 Å². The fourth-order valence-corrected chi connectivity index (χ4v) is 4.05. The van der Waals surface area contributed by atoms with E-state index in [1.54, 1.807) is 0 Å². The number of aromatic nitrogens is 1. The first-order valence-corrected chi connectivity index (χ1v) is 11.8. The van der Waals surface area contributed by atoms with Gasteiger partial charge in [-0.15, -0.1) is 0 Å². The maximum atomic E-state index is 12.2. The monoisotopic (exact) mass is 443 g/mol. The third-order valence-corrected chi connectivity index (χ3v) is 6.22. The fourth-order valence-electron chi connectivity index (χ4n) is 4.05. The number of benzene rings is 2. The normalized spacial score (nSPS) is 14.8. The Hall–Kier alpha value is -3.02. The van der Waals surface area contributed by atoms with Crippen molar-refractivity contribution in [3.63, 3.8) is 0 Å². The van der Waals surface area contributed by atoms with E-state index in [0.29, 0.717) is 13.0 Å². The molecule has 1 aliphatic rings. The van der Waals surface area contributed by atoms with Gasteiger partial charge in [-0.3, -0.25) is 14.7 Å². The molecule has 1 aliphatic heterocycles. The van der Waals surface area contributed by atoms with Crippen molar-refractivity contribution < 1.29 is 9.53 Å². The van der Waals surface area contributed by atoms with Gasteiger partial charge in [0.2, 0.25) is 0 Å². The summed E-state index contributed by atoms with van der Waals surface area (Å²) in [5, 5.41) is 0. The first-order chi connectivity index (χ1) is 16.2. The molecule has 5 nitrogen and oxygen atoms in total. The molecule has 1 aromatic heterocycles. The smallest absolute Gasteiger partial charge is 0.162 e. The number of piperazine rings is 1. The minimum absolute atomic E-state index is 0.193. The molecule has 0 aliphatic carbocycles. The van der Waals surface area contributed by atoms with Crippen LogP contribution in [-0.4, -0.2) is 66.9 Å². The van der Waals surface area contributed by atoms with Gasteiger partial charge in [-0.05, 0) is 43.7 Å². The van der Waals surface area contributed by atoms with Gasteiger partial charge in [-0.1, -0.05) is 48.5 Å². The number of carbonyl (C=O) groups is 1. The number of pyridine rings is 1. The van der Waals surface area contributed by atoms with Gasteiger partial charge in [-0.2, -0.15) is 0 Å². The number of hydrogen-bond donors (Lipinski definition) is 0. The van der Waals surface area contributed by atoms with Gasteiger partial charge >= 0.3 is 0 Å². The summed E-state index contributed by atoms with van der Waals surface area (Å²) in [5.74, 6) is 1.10. The molecule has 0 radical (unpaired) electrons. The highest BCUT2D eigenvalue weighted by Crippen LogP contribution is 2.22. The fraction of sp³-hybridized carbons (Fsp3) is 0.357. The average molecular weight is 444 g/mol. The molecule has 3 aromatic rings. The van der Waals surface area contributed by atoms with E-state index < -0.39 is 0 Å². The lowest BCUT2D eigenvalue weighted by Gasteiger charge is -2.32. The molecule has 0 spiro atoms. The molecule has 0 amide bonds. The molecule has 5 heteroatoms. The second-order valence-electron chi connectivity index (χ2n) is 8.70. The van der Waals surface area contributed by atoms with Gasteiger partial charge in [0.25, 0.3) is 0 Å². The second-order valence-corrected chi connectivity index (χ2v) is 8.70. The average Bonchev–Trinajstić information content (AvgIpc) is 2.87. The zero-order valence-electron chi connectivity index (χ0n) is 19.5. The number of hydrogen-bond acceptors (Lipinski definition) is 5. The molecule has 33 heavy (non-hydrogen) atoms. The van der Waals surface area contributed by atoms with Gasteiger partial charge in [0, 0.05) is 62.2 Å². The van der Waals surface area contributed by atoms with Crippen LogP contribution in [0.25, 0.3) is 11.1 Å².